The minimum absolute atomic E-state index is 0.0882. The SMILES string of the molecule is C[C@@H](O)[C@H]1C(=O)N2C(C(=O)O)=C(S[C@@H]3CN[C@@H](CCn4cnc(C#N)c4)C3)[C@H](C)[C@H]12. The molecule has 2 fully saturated rings. The number of nitrogens with one attached hydrogen (secondary N) is 1. The third-order valence-electron chi connectivity index (χ3n) is 6.27. The highest BCUT2D eigenvalue weighted by Gasteiger charge is 2.60. The van der Waals surface area contributed by atoms with Crippen LogP contribution < -0.4 is 5.32 Å². The monoisotopic (exact) mass is 431 g/mol. The third-order valence-corrected chi connectivity index (χ3v) is 7.78. The van der Waals surface area contributed by atoms with Crippen molar-refractivity contribution in [3.8, 4) is 6.07 Å². The van der Waals surface area contributed by atoms with E-state index in [-0.39, 0.29) is 28.8 Å². The zero-order valence-corrected chi connectivity index (χ0v) is 17.7. The Morgan fingerprint density at radius 2 is 2.30 bits per heavy atom. The predicted octanol–water partition coefficient (Wildman–Crippen LogP) is 0.762. The average molecular weight is 432 g/mol. The van der Waals surface area contributed by atoms with E-state index in [1.165, 1.54) is 4.90 Å². The molecule has 3 aliphatic heterocycles. The molecule has 160 valence electrons. The number of carbonyl (C=O) groups is 2. The lowest BCUT2D eigenvalue weighted by Gasteiger charge is -2.46. The summed E-state index contributed by atoms with van der Waals surface area (Å²) < 4.78 is 1.90. The maximum Gasteiger partial charge on any atom is 0.353 e. The van der Waals surface area contributed by atoms with E-state index in [9.17, 15) is 19.8 Å². The van der Waals surface area contributed by atoms with Crippen molar-refractivity contribution < 1.29 is 19.8 Å². The van der Waals surface area contributed by atoms with Crippen LogP contribution in [-0.4, -0.2) is 66.5 Å². The lowest BCUT2D eigenvalue weighted by Crippen LogP contribution is -2.63. The number of hydrogen-bond donors (Lipinski definition) is 3. The highest BCUT2D eigenvalue weighted by Crippen LogP contribution is 2.51. The van der Waals surface area contributed by atoms with E-state index in [4.69, 9.17) is 5.26 Å². The van der Waals surface area contributed by atoms with Crippen LogP contribution in [0.5, 0.6) is 0 Å². The fourth-order valence-corrected chi connectivity index (χ4v) is 6.31. The number of imidazole rings is 1. The van der Waals surface area contributed by atoms with Gasteiger partial charge in [0.25, 0.3) is 0 Å². The van der Waals surface area contributed by atoms with Gasteiger partial charge in [0.05, 0.1) is 24.4 Å². The number of fused-ring (bicyclic) bond motifs is 1. The molecule has 10 heteroatoms. The largest absolute Gasteiger partial charge is 0.477 e. The van der Waals surface area contributed by atoms with Crippen LogP contribution in [0.15, 0.2) is 23.1 Å². The fourth-order valence-electron chi connectivity index (χ4n) is 4.80. The highest BCUT2D eigenvalue weighted by atomic mass is 32.2. The molecule has 1 aromatic heterocycles. The maximum absolute atomic E-state index is 12.4. The van der Waals surface area contributed by atoms with Gasteiger partial charge in [-0.3, -0.25) is 4.79 Å². The summed E-state index contributed by atoms with van der Waals surface area (Å²) in [6.07, 6.45) is 4.37. The standard InChI is InChI=1S/C20H25N5O4S/c1-10-16-15(11(2)26)19(27)25(16)17(20(28)29)18(10)30-14-5-12(22-7-14)3-4-24-8-13(6-21)23-9-24/h8-12,14-16,22,26H,3-5,7H2,1-2H3,(H,28,29)/t10-,11-,12+,14+,15-,16-/m1/s1. The smallest absolute Gasteiger partial charge is 0.353 e. The molecular formula is C20H25N5O4S. The first-order valence-electron chi connectivity index (χ1n) is 10.1. The van der Waals surface area contributed by atoms with Crippen molar-refractivity contribution in [3.05, 3.63) is 28.8 Å². The van der Waals surface area contributed by atoms with Gasteiger partial charge < -0.3 is 25.0 Å². The van der Waals surface area contributed by atoms with Gasteiger partial charge in [-0.2, -0.15) is 5.26 Å². The number of aromatic nitrogens is 2. The molecule has 1 aromatic rings. The molecule has 4 rings (SSSR count). The van der Waals surface area contributed by atoms with E-state index in [0.717, 1.165) is 30.8 Å². The number of hydrogen-bond acceptors (Lipinski definition) is 7. The van der Waals surface area contributed by atoms with Gasteiger partial charge in [-0.05, 0) is 19.8 Å². The number of aliphatic hydroxyl groups is 1. The van der Waals surface area contributed by atoms with Gasteiger partial charge in [0.15, 0.2) is 5.69 Å². The number of β-lactam (4-membered cyclic amide) rings is 1. The molecule has 0 bridgehead atoms. The van der Waals surface area contributed by atoms with Crippen LogP contribution >= 0.6 is 11.8 Å². The summed E-state index contributed by atoms with van der Waals surface area (Å²) in [6, 6.07) is 2.04. The van der Waals surface area contributed by atoms with Crippen molar-refractivity contribution in [2.45, 2.75) is 56.7 Å². The zero-order valence-electron chi connectivity index (χ0n) is 16.9. The van der Waals surface area contributed by atoms with E-state index >= 15 is 0 Å². The molecule has 0 unspecified atom stereocenters. The normalized spacial score (nSPS) is 31.5. The zero-order chi connectivity index (χ0) is 21.6. The van der Waals surface area contributed by atoms with Gasteiger partial charge in [-0.25, -0.2) is 9.78 Å². The van der Waals surface area contributed by atoms with Crippen LogP contribution in [0.1, 0.15) is 32.4 Å². The number of carboxylic acid groups (broad SMARTS) is 1. The number of amides is 1. The number of thioether (sulfide) groups is 1. The van der Waals surface area contributed by atoms with Crippen molar-refractivity contribution >= 4 is 23.6 Å². The number of aryl methyl sites for hydroxylation is 1. The minimum atomic E-state index is -1.08. The number of aliphatic carboxylic acids is 1. The maximum atomic E-state index is 12.4. The van der Waals surface area contributed by atoms with Gasteiger partial charge in [0.2, 0.25) is 5.91 Å². The second-order valence-corrected chi connectivity index (χ2v) is 9.59. The number of rotatable bonds is 7. The van der Waals surface area contributed by atoms with E-state index in [0.29, 0.717) is 11.7 Å². The quantitative estimate of drug-likeness (QED) is 0.539. The highest BCUT2D eigenvalue weighted by molar-refractivity contribution is 8.03. The summed E-state index contributed by atoms with van der Waals surface area (Å²) >= 11 is 1.55. The number of nitriles is 1. The van der Waals surface area contributed by atoms with E-state index in [1.54, 1.807) is 31.2 Å². The van der Waals surface area contributed by atoms with Crippen LogP contribution in [0, 0.1) is 23.2 Å². The molecule has 1 amide bonds. The third kappa shape index (κ3) is 3.51. The van der Waals surface area contributed by atoms with E-state index < -0.39 is 18.0 Å². The number of nitrogens with zero attached hydrogens (tertiary/aromatic N) is 4. The molecule has 4 heterocycles. The summed E-state index contributed by atoms with van der Waals surface area (Å²) in [4.78, 5) is 30.5. The van der Waals surface area contributed by atoms with Crippen LogP contribution in [-0.2, 0) is 16.1 Å². The molecule has 0 radical (unpaired) electrons. The first-order valence-corrected chi connectivity index (χ1v) is 11.0. The van der Waals surface area contributed by atoms with E-state index in [2.05, 4.69) is 10.3 Å². The van der Waals surface area contributed by atoms with Crippen LogP contribution in [0.3, 0.4) is 0 Å². The Morgan fingerprint density at radius 3 is 2.93 bits per heavy atom. The molecular weight excluding hydrogens is 406 g/mol. The van der Waals surface area contributed by atoms with Crippen LogP contribution in [0.2, 0.25) is 0 Å². The van der Waals surface area contributed by atoms with Crippen LogP contribution in [0.25, 0.3) is 0 Å². The molecule has 0 aromatic carbocycles. The summed E-state index contributed by atoms with van der Waals surface area (Å²) in [6.45, 7) is 5.06. The Balaban J connectivity index is 1.39. The topological polar surface area (TPSA) is 131 Å². The van der Waals surface area contributed by atoms with Crippen molar-refractivity contribution in [2.75, 3.05) is 6.54 Å². The Kier molecular flexibility index (Phi) is 5.61. The summed E-state index contributed by atoms with van der Waals surface area (Å²) in [7, 11) is 0. The summed E-state index contributed by atoms with van der Waals surface area (Å²) in [5.41, 5.74) is 0.492. The van der Waals surface area contributed by atoms with Gasteiger partial charge in [-0.1, -0.05) is 6.92 Å². The molecule has 9 nitrogen and oxygen atoms in total. The van der Waals surface area contributed by atoms with Gasteiger partial charge in [-0.15, -0.1) is 11.8 Å². The Bertz CT molecular complexity index is 936. The molecule has 30 heavy (non-hydrogen) atoms. The molecule has 0 saturated carbocycles. The predicted molar refractivity (Wildman–Crippen MR) is 109 cm³/mol. The van der Waals surface area contributed by atoms with Gasteiger partial charge in [0.1, 0.15) is 11.8 Å². The van der Waals surface area contributed by atoms with Crippen molar-refractivity contribution in [1.82, 2.24) is 19.8 Å². The fraction of sp³-hybridized carbons (Fsp3) is 0.600. The van der Waals surface area contributed by atoms with Crippen molar-refractivity contribution in [2.24, 2.45) is 11.8 Å². The number of carboxylic acids is 1. The first kappa shape index (κ1) is 20.9. The lowest BCUT2D eigenvalue weighted by molar-refractivity contribution is -0.163. The molecule has 3 N–H and O–H groups in total. The molecule has 6 atom stereocenters. The Hall–Kier alpha value is -2.35. The van der Waals surface area contributed by atoms with Gasteiger partial charge in [0, 0.05) is 41.4 Å². The summed E-state index contributed by atoms with van der Waals surface area (Å²) in [5.74, 6) is -2.02. The molecule has 3 aliphatic rings. The second-order valence-electron chi connectivity index (χ2n) is 8.25. The van der Waals surface area contributed by atoms with Crippen LogP contribution in [0.4, 0.5) is 0 Å². The average Bonchev–Trinajstić information content (AvgIpc) is 3.39. The van der Waals surface area contributed by atoms with Crippen molar-refractivity contribution in [1.29, 1.82) is 5.26 Å². The number of aliphatic hydroxyl groups excluding tert-OH is 1. The Morgan fingerprint density at radius 1 is 1.53 bits per heavy atom. The first-order chi connectivity index (χ1) is 14.3. The number of carbonyl (C=O) groups excluding carboxylic acids is 1. The van der Waals surface area contributed by atoms with Gasteiger partial charge >= 0.3 is 5.97 Å². The van der Waals surface area contributed by atoms with Crippen molar-refractivity contribution in [3.63, 3.8) is 0 Å². The molecule has 0 aliphatic carbocycles. The molecule has 2 saturated heterocycles. The summed E-state index contributed by atoms with van der Waals surface area (Å²) in [5, 5.41) is 32.3. The second kappa shape index (κ2) is 8.06. The van der Waals surface area contributed by atoms with E-state index in [1.807, 2.05) is 17.6 Å². The minimum Gasteiger partial charge on any atom is -0.477 e. The lowest BCUT2D eigenvalue weighted by atomic mass is 9.79. The molecule has 0 spiro atoms. The Labute approximate surface area is 178 Å².